The zero-order valence-electron chi connectivity index (χ0n) is 11.9. The van der Waals surface area contributed by atoms with Crippen molar-refractivity contribution in [2.45, 2.75) is 6.04 Å². The Hall–Kier alpha value is -2.41. The molecule has 1 aromatic heterocycles. The summed E-state index contributed by atoms with van der Waals surface area (Å²) in [5.74, 6) is -0.237. The van der Waals surface area contributed by atoms with E-state index >= 15 is 0 Å². The lowest BCUT2D eigenvalue weighted by molar-refractivity contribution is -0.142. The number of benzene rings is 1. The number of amides is 1. The molecule has 22 heavy (non-hydrogen) atoms. The molecule has 1 amide bonds. The Balaban J connectivity index is 1.65. The van der Waals surface area contributed by atoms with Gasteiger partial charge in [0.15, 0.2) is 6.61 Å². The van der Waals surface area contributed by atoms with Crippen LogP contribution in [0.5, 0.6) is 5.75 Å². The quantitative estimate of drug-likeness (QED) is 0.930. The zero-order valence-corrected chi connectivity index (χ0v) is 11.9. The van der Waals surface area contributed by atoms with Gasteiger partial charge in [-0.25, -0.2) is 4.39 Å². The molecule has 6 nitrogen and oxygen atoms in total. The van der Waals surface area contributed by atoms with Gasteiger partial charge in [0, 0.05) is 18.8 Å². The fraction of sp³-hybridized carbons (Fsp3) is 0.333. The van der Waals surface area contributed by atoms with Crippen molar-refractivity contribution in [3.8, 4) is 5.75 Å². The Bertz CT molecular complexity index is 633. The Kier molecular flexibility index (Phi) is 4.34. The molecule has 1 saturated heterocycles. The summed E-state index contributed by atoms with van der Waals surface area (Å²) in [5.41, 5.74) is 0.818. The largest absolute Gasteiger partial charge is 0.484 e. The van der Waals surface area contributed by atoms with E-state index in [1.54, 1.807) is 17.2 Å². The third kappa shape index (κ3) is 3.25. The molecule has 0 spiro atoms. The Labute approximate surface area is 126 Å². The molecule has 7 heteroatoms. The number of hydrogen-bond donors (Lipinski definition) is 1. The van der Waals surface area contributed by atoms with Gasteiger partial charge < -0.3 is 14.4 Å². The first-order valence-corrected chi connectivity index (χ1v) is 6.99. The van der Waals surface area contributed by atoms with Crippen LogP contribution in [-0.2, 0) is 9.53 Å². The number of nitrogens with zero attached hydrogens (tertiary/aromatic N) is 2. The van der Waals surface area contributed by atoms with Gasteiger partial charge in [-0.15, -0.1) is 0 Å². The van der Waals surface area contributed by atoms with Crippen LogP contribution in [0.2, 0.25) is 0 Å². The highest BCUT2D eigenvalue weighted by atomic mass is 19.1. The molecular weight excluding hydrogens is 289 g/mol. The molecule has 1 aromatic carbocycles. The van der Waals surface area contributed by atoms with E-state index in [4.69, 9.17) is 9.47 Å². The zero-order chi connectivity index (χ0) is 15.4. The highest BCUT2D eigenvalue weighted by Gasteiger charge is 2.29. The topological polar surface area (TPSA) is 67.4 Å². The Morgan fingerprint density at radius 2 is 2.41 bits per heavy atom. The van der Waals surface area contributed by atoms with Gasteiger partial charge in [-0.3, -0.25) is 9.89 Å². The van der Waals surface area contributed by atoms with Crippen LogP contribution in [0, 0.1) is 5.82 Å². The number of morpholine rings is 1. The van der Waals surface area contributed by atoms with Gasteiger partial charge >= 0.3 is 0 Å². The molecule has 2 aromatic rings. The number of hydrogen-bond acceptors (Lipinski definition) is 4. The summed E-state index contributed by atoms with van der Waals surface area (Å²) in [6, 6.07) is 7.33. The lowest BCUT2D eigenvalue weighted by Crippen LogP contribution is -2.45. The van der Waals surface area contributed by atoms with E-state index in [9.17, 15) is 9.18 Å². The van der Waals surface area contributed by atoms with E-state index in [-0.39, 0.29) is 18.6 Å². The summed E-state index contributed by atoms with van der Waals surface area (Å²) in [6.45, 7) is 1.23. The number of carbonyl (C=O) groups excluding carboxylic acids is 1. The number of carbonyl (C=O) groups is 1. The van der Waals surface area contributed by atoms with Gasteiger partial charge in [0.25, 0.3) is 5.91 Å². The first kappa shape index (κ1) is 14.5. The maximum atomic E-state index is 13.1. The minimum Gasteiger partial charge on any atom is -0.484 e. The predicted octanol–water partition coefficient (Wildman–Crippen LogP) is 1.53. The second-order valence-electron chi connectivity index (χ2n) is 4.94. The second-order valence-corrected chi connectivity index (χ2v) is 4.94. The highest BCUT2D eigenvalue weighted by Crippen LogP contribution is 2.22. The summed E-state index contributed by atoms with van der Waals surface area (Å²) in [4.78, 5) is 14.1. The molecule has 1 fully saturated rings. The SMILES string of the molecule is O=C(COc1cccc(F)c1)N1CCOC[C@@H]1c1ccn[nH]1. The molecule has 2 heterocycles. The van der Waals surface area contributed by atoms with Crippen molar-refractivity contribution in [1.29, 1.82) is 0 Å². The molecule has 0 radical (unpaired) electrons. The van der Waals surface area contributed by atoms with Gasteiger partial charge in [-0.05, 0) is 18.2 Å². The van der Waals surface area contributed by atoms with Gasteiger partial charge in [-0.1, -0.05) is 6.07 Å². The van der Waals surface area contributed by atoms with Crippen molar-refractivity contribution in [2.75, 3.05) is 26.4 Å². The van der Waals surface area contributed by atoms with Crippen molar-refractivity contribution in [2.24, 2.45) is 0 Å². The lowest BCUT2D eigenvalue weighted by Gasteiger charge is -2.34. The van der Waals surface area contributed by atoms with Crippen molar-refractivity contribution in [3.63, 3.8) is 0 Å². The van der Waals surface area contributed by atoms with Gasteiger partial charge in [0.05, 0.1) is 24.9 Å². The van der Waals surface area contributed by atoms with Crippen molar-refractivity contribution >= 4 is 5.91 Å². The van der Waals surface area contributed by atoms with Gasteiger partial charge in [-0.2, -0.15) is 5.10 Å². The minimum absolute atomic E-state index is 0.145. The Morgan fingerprint density at radius 3 is 3.18 bits per heavy atom. The summed E-state index contributed by atoms with van der Waals surface area (Å²) in [5, 5.41) is 6.76. The molecule has 0 saturated carbocycles. The van der Waals surface area contributed by atoms with E-state index in [1.165, 1.54) is 18.2 Å². The number of aromatic nitrogens is 2. The summed E-state index contributed by atoms with van der Waals surface area (Å²) in [7, 11) is 0. The molecule has 1 N–H and O–H groups in total. The van der Waals surface area contributed by atoms with Crippen LogP contribution in [0.4, 0.5) is 4.39 Å². The van der Waals surface area contributed by atoms with Crippen molar-refractivity contribution < 1.29 is 18.7 Å². The third-order valence-electron chi connectivity index (χ3n) is 3.49. The number of rotatable bonds is 4. The number of ether oxygens (including phenoxy) is 2. The molecule has 0 unspecified atom stereocenters. The van der Waals surface area contributed by atoms with Crippen LogP contribution in [0.3, 0.4) is 0 Å². The van der Waals surface area contributed by atoms with Crippen LogP contribution >= 0.6 is 0 Å². The average Bonchev–Trinajstić information content (AvgIpc) is 3.07. The monoisotopic (exact) mass is 305 g/mol. The van der Waals surface area contributed by atoms with Crippen LogP contribution in [0.1, 0.15) is 11.7 Å². The van der Waals surface area contributed by atoms with E-state index in [0.717, 1.165) is 5.69 Å². The highest BCUT2D eigenvalue weighted by molar-refractivity contribution is 5.78. The summed E-state index contributed by atoms with van der Waals surface area (Å²) in [6.07, 6.45) is 1.63. The maximum absolute atomic E-state index is 13.1. The van der Waals surface area contributed by atoms with Crippen LogP contribution < -0.4 is 4.74 Å². The van der Waals surface area contributed by atoms with Crippen LogP contribution in [-0.4, -0.2) is 47.4 Å². The van der Waals surface area contributed by atoms with Gasteiger partial charge in [0.1, 0.15) is 11.6 Å². The normalized spacial score (nSPS) is 18.2. The fourth-order valence-corrected chi connectivity index (χ4v) is 2.40. The maximum Gasteiger partial charge on any atom is 0.261 e. The lowest BCUT2D eigenvalue weighted by atomic mass is 10.1. The number of H-pyrrole nitrogens is 1. The van der Waals surface area contributed by atoms with Crippen LogP contribution in [0.25, 0.3) is 0 Å². The molecule has 1 atom stereocenters. The first-order chi connectivity index (χ1) is 10.7. The first-order valence-electron chi connectivity index (χ1n) is 6.99. The Morgan fingerprint density at radius 1 is 1.50 bits per heavy atom. The molecule has 1 aliphatic rings. The molecule has 116 valence electrons. The van der Waals surface area contributed by atoms with E-state index in [1.807, 2.05) is 6.07 Å². The van der Waals surface area contributed by atoms with E-state index < -0.39 is 5.82 Å². The standard InChI is InChI=1S/C15H16FN3O3/c16-11-2-1-3-12(8-11)22-10-15(20)19-6-7-21-9-14(19)13-4-5-17-18-13/h1-5,8,14H,6-7,9-10H2,(H,17,18)/t14-/m1/s1. The number of aromatic amines is 1. The number of halogens is 1. The molecule has 0 bridgehead atoms. The predicted molar refractivity (Wildman–Crippen MR) is 75.8 cm³/mol. The molecule has 3 rings (SSSR count). The molecule has 1 aliphatic heterocycles. The van der Waals surface area contributed by atoms with E-state index in [0.29, 0.717) is 25.5 Å². The molecular formula is C15H16FN3O3. The smallest absolute Gasteiger partial charge is 0.261 e. The van der Waals surface area contributed by atoms with E-state index in [2.05, 4.69) is 10.2 Å². The fourth-order valence-electron chi connectivity index (χ4n) is 2.40. The third-order valence-corrected chi connectivity index (χ3v) is 3.49. The minimum atomic E-state index is -0.397. The van der Waals surface area contributed by atoms with Crippen molar-refractivity contribution in [1.82, 2.24) is 15.1 Å². The van der Waals surface area contributed by atoms with Gasteiger partial charge in [0.2, 0.25) is 0 Å². The average molecular weight is 305 g/mol. The summed E-state index contributed by atoms with van der Waals surface area (Å²) < 4.78 is 23.9. The second kappa shape index (κ2) is 6.57. The van der Waals surface area contributed by atoms with Crippen molar-refractivity contribution in [3.05, 3.63) is 48.0 Å². The van der Waals surface area contributed by atoms with Crippen LogP contribution in [0.15, 0.2) is 36.5 Å². The molecule has 0 aliphatic carbocycles. The number of nitrogens with one attached hydrogen (secondary N) is 1. The summed E-state index contributed by atoms with van der Waals surface area (Å²) >= 11 is 0.